The van der Waals surface area contributed by atoms with Crippen LogP contribution in [0.3, 0.4) is 0 Å². The lowest BCUT2D eigenvalue weighted by Gasteiger charge is -2.23. The van der Waals surface area contributed by atoms with Crippen LogP contribution in [-0.4, -0.2) is 64.8 Å². The highest BCUT2D eigenvalue weighted by Gasteiger charge is 2.26. The van der Waals surface area contributed by atoms with Gasteiger partial charge in [-0.1, -0.05) is 110 Å². The van der Waals surface area contributed by atoms with Gasteiger partial charge in [0.1, 0.15) is 0 Å². The summed E-state index contributed by atoms with van der Waals surface area (Å²) in [5.74, 6) is -3.37. The summed E-state index contributed by atoms with van der Waals surface area (Å²) >= 11 is 0. The molecule has 0 radical (unpaired) electrons. The Morgan fingerprint density at radius 2 is 0.795 bits per heavy atom. The second-order valence-electron chi connectivity index (χ2n) is 9.25. The van der Waals surface area contributed by atoms with Crippen LogP contribution in [0.15, 0.2) is 25.3 Å². The van der Waals surface area contributed by atoms with E-state index >= 15 is 0 Å². The molecule has 0 aromatic rings. The Bertz CT molecular complexity index is 539. The highest BCUT2D eigenvalue weighted by atomic mass is 16.4. The highest BCUT2D eigenvalue weighted by Crippen LogP contribution is 2.14. The van der Waals surface area contributed by atoms with Gasteiger partial charge in [0.15, 0.2) is 0 Å². The average Bonchev–Trinajstić information content (AvgIpc) is 2.93. The normalized spacial score (nSPS) is 9.97. The minimum Gasteiger partial charge on any atom is -0.550 e. The summed E-state index contributed by atoms with van der Waals surface area (Å²) in [5, 5.41) is 62.5. The summed E-state index contributed by atoms with van der Waals surface area (Å²) in [7, 11) is 0. The number of hydrogen-bond donors (Lipinski definition) is 4. The predicted octanol–water partition coefficient (Wildman–Crippen LogP) is 0.784. The molecule has 10 nitrogen and oxygen atoms in total. The molecule has 0 aliphatic heterocycles. The molecule has 0 saturated carbocycles. The number of carboxylic acid groups (broad SMARTS) is 3. The monoisotopic (exact) mass is 561 g/mol. The van der Waals surface area contributed by atoms with Crippen molar-refractivity contribution in [2.75, 3.05) is 26.4 Å². The van der Waals surface area contributed by atoms with Crippen molar-refractivity contribution >= 4 is 17.9 Å². The number of aliphatic hydroxyl groups excluding tert-OH is 4. The van der Waals surface area contributed by atoms with Crippen molar-refractivity contribution in [2.24, 2.45) is 5.41 Å². The van der Waals surface area contributed by atoms with Gasteiger partial charge in [0.05, 0.1) is 43.8 Å². The second kappa shape index (κ2) is 35.7. The van der Waals surface area contributed by atoms with Crippen LogP contribution in [0.5, 0.6) is 0 Å². The van der Waals surface area contributed by atoms with Crippen molar-refractivity contribution in [1.82, 2.24) is 0 Å². The third-order valence-electron chi connectivity index (χ3n) is 5.66. The molecule has 0 fully saturated rings. The predicted molar refractivity (Wildman–Crippen MR) is 146 cm³/mol. The number of carbonyl (C=O) groups excluding carboxylic acids is 3. The number of hydrogen-bond acceptors (Lipinski definition) is 10. The van der Waals surface area contributed by atoms with E-state index in [1.165, 1.54) is 83.5 Å². The van der Waals surface area contributed by atoms with E-state index in [-0.39, 0.29) is 6.42 Å². The molecule has 0 saturated heterocycles. The van der Waals surface area contributed by atoms with Crippen LogP contribution in [0.25, 0.3) is 0 Å². The number of rotatable bonds is 22. The lowest BCUT2D eigenvalue weighted by Crippen LogP contribution is -2.37. The Morgan fingerprint density at radius 1 is 0.564 bits per heavy atom. The van der Waals surface area contributed by atoms with Crippen LogP contribution in [0.1, 0.15) is 110 Å². The summed E-state index contributed by atoms with van der Waals surface area (Å²) < 4.78 is 0. The van der Waals surface area contributed by atoms with E-state index in [1.807, 2.05) is 0 Å². The summed E-state index contributed by atoms with van der Waals surface area (Å²) in [6.07, 6.45) is 21.3. The zero-order chi connectivity index (χ0) is 30.8. The van der Waals surface area contributed by atoms with Gasteiger partial charge in [0.25, 0.3) is 0 Å². The maximum absolute atomic E-state index is 10.2. The molecule has 0 unspecified atom stereocenters. The van der Waals surface area contributed by atoms with Crippen LogP contribution in [-0.2, 0) is 14.4 Å². The molecule has 0 atom stereocenters. The molecule has 0 bridgehead atoms. The molecular weight excluding hydrogens is 508 g/mol. The Kier molecular flexibility index (Phi) is 40.1. The van der Waals surface area contributed by atoms with Gasteiger partial charge in [-0.05, 0) is 25.0 Å². The first-order chi connectivity index (χ1) is 18.6. The smallest absolute Gasteiger partial charge is 0.0636 e. The SMILES string of the molecule is C=CC(=O)[O-].C=CC(=O)[O-].CCCCCCCCCCCCCCCCCC(=O)[O-].OCC(CO)(CO)CO. The van der Waals surface area contributed by atoms with Crippen molar-refractivity contribution in [3.8, 4) is 0 Å². The molecule has 0 aromatic carbocycles. The number of carboxylic acids is 3. The maximum atomic E-state index is 10.2. The van der Waals surface area contributed by atoms with Gasteiger partial charge in [0.2, 0.25) is 0 Å². The van der Waals surface area contributed by atoms with Crippen LogP contribution < -0.4 is 15.3 Å². The summed E-state index contributed by atoms with van der Waals surface area (Å²) in [6, 6.07) is 0. The van der Waals surface area contributed by atoms with E-state index < -0.39 is 49.8 Å². The number of aliphatic hydroxyl groups is 4. The van der Waals surface area contributed by atoms with Crippen LogP contribution in [0.2, 0.25) is 0 Å². The van der Waals surface area contributed by atoms with E-state index in [2.05, 4.69) is 20.1 Å². The van der Waals surface area contributed by atoms with E-state index in [4.69, 9.17) is 40.2 Å². The molecule has 0 aliphatic carbocycles. The maximum Gasteiger partial charge on any atom is 0.0636 e. The van der Waals surface area contributed by atoms with Gasteiger partial charge in [-0.3, -0.25) is 0 Å². The van der Waals surface area contributed by atoms with Gasteiger partial charge < -0.3 is 50.1 Å². The summed E-state index contributed by atoms with van der Waals surface area (Å²) in [4.78, 5) is 28.5. The van der Waals surface area contributed by atoms with Gasteiger partial charge in [-0.25, -0.2) is 0 Å². The van der Waals surface area contributed by atoms with Crippen molar-refractivity contribution in [3.05, 3.63) is 25.3 Å². The van der Waals surface area contributed by atoms with Crippen LogP contribution in [0, 0.1) is 5.41 Å². The lowest BCUT2D eigenvalue weighted by atomic mass is 9.93. The fourth-order valence-corrected chi connectivity index (χ4v) is 2.94. The zero-order valence-electron chi connectivity index (χ0n) is 23.9. The molecule has 0 aromatic heterocycles. The van der Waals surface area contributed by atoms with E-state index in [1.54, 1.807) is 0 Å². The van der Waals surface area contributed by atoms with Gasteiger partial charge in [0, 0.05) is 5.97 Å². The molecule has 0 heterocycles. The molecule has 10 heteroatoms. The molecule has 0 amide bonds. The average molecular weight is 562 g/mol. The topological polar surface area (TPSA) is 201 Å². The Hall–Kier alpha value is -2.27. The van der Waals surface area contributed by atoms with E-state index in [0.717, 1.165) is 25.0 Å². The molecule has 0 spiro atoms. The minimum atomic E-state index is -1.23. The Labute approximate surface area is 235 Å². The van der Waals surface area contributed by atoms with Gasteiger partial charge in [-0.2, -0.15) is 0 Å². The van der Waals surface area contributed by atoms with Crippen LogP contribution >= 0.6 is 0 Å². The molecule has 0 rings (SSSR count). The quantitative estimate of drug-likeness (QED) is 0.108. The summed E-state index contributed by atoms with van der Waals surface area (Å²) in [5.41, 5.74) is -1.11. The molecule has 39 heavy (non-hydrogen) atoms. The standard InChI is InChI=1S/C18H36O2.C5H12O4.2C3H4O2/c1-2-3-4-5-6-7-8-9-10-11-12-13-14-15-16-17-18(19)20;6-1-5(2-7,3-8)4-9;2*1-2-3(4)5/h2-17H2,1H3,(H,19,20);6-9H,1-4H2;2*2H,1H2,(H,4,5)/p-3. The highest BCUT2D eigenvalue weighted by molar-refractivity contribution is 5.76. The van der Waals surface area contributed by atoms with Crippen molar-refractivity contribution in [1.29, 1.82) is 0 Å². The fourth-order valence-electron chi connectivity index (χ4n) is 2.94. The van der Waals surface area contributed by atoms with E-state index in [9.17, 15) is 9.90 Å². The third-order valence-corrected chi connectivity index (χ3v) is 5.66. The number of aliphatic carboxylic acids is 3. The summed E-state index contributed by atoms with van der Waals surface area (Å²) in [6.45, 7) is 6.44. The molecule has 4 N–H and O–H groups in total. The second-order valence-corrected chi connectivity index (χ2v) is 9.25. The number of carbonyl (C=O) groups is 3. The Balaban J connectivity index is -0.000000263. The first-order valence-electron chi connectivity index (χ1n) is 13.9. The van der Waals surface area contributed by atoms with Crippen molar-refractivity contribution < 1.29 is 50.1 Å². The van der Waals surface area contributed by atoms with Crippen LogP contribution in [0.4, 0.5) is 0 Å². The largest absolute Gasteiger partial charge is 0.550 e. The first-order valence-corrected chi connectivity index (χ1v) is 13.9. The van der Waals surface area contributed by atoms with Crippen molar-refractivity contribution in [3.63, 3.8) is 0 Å². The molecule has 0 aliphatic rings. The molecule has 232 valence electrons. The lowest BCUT2D eigenvalue weighted by molar-refractivity contribution is -0.306. The number of unbranched alkanes of at least 4 members (excludes halogenated alkanes) is 14. The third kappa shape index (κ3) is 43.0. The van der Waals surface area contributed by atoms with E-state index in [0.29, 0.717) is 0 Å². The first kappa shape index (κ1) is 43.8. The fraction of sp³-hybridized carbons (Fsp3) is 0.759. The zero-order valence-corrected chi connectivity index (χ0v) is 23.9. The minimum absolute atomic E-state index is 0.234. The van der Waals surface area contributed by atoms with Gasteiger partial charge in [-0.15, -0.1) is 0 Å². The molecular formula is C29H53O10-3. The Morgan fingerprint density at radius 3 is 0.949 bits per heavy atom. The van der Waals surface area contributed by atoms with Crippen molar-refractivity contribution in [2.45, 2.75) is 110 Å². The van der Waals surface area contributed by atoms with Gasteiger partial charge >= 0.3 is 0 Å².